The molecule has 0 saturated heterocycles. The number of hydrogen-bond acceptors (Lipinski definition) is 5. The van der Waals surface area contributed by atoms with Crippen molar-refractivity contribution in [2.75, 3.05) is 19.6 Å². The van der Waals surface area contributed by atoms with Crippen molar-refractivity contribution in [2.24, 2.45) is 0 Å². The van der Waals surface area contributed by atoms with E-state index in [9.17, 15) is 8.42 Å². The van der Waals surface area contributed by atoms with E-state index in [1.165, 1.54) is 6.20 Å². The van der Waals surface area contributed by atoms with Crippen LogP contribution in [0.2, 0.25) is 0 Å². The monoisotopic (exact) mass is 276 g/mol. The molecule has 0 amide bonds. The van der Waals surface area contributed by atoms with Gasteiger partial charge in [0.25, 0.3) is 10.0 Å². The topological polar surface area (TPSA) is 107 Å². The number of imidazole rings is 1. The number of nitrogens with zero attached hydrogens (tertiary/aromatic N) is 1. The number of nitrogens with one attached hydrogen (secondary N) is 3. The molecule has 0 fully saturated rings. The van der Waals surface area contributed by atoms with E-state index in [1.54, 1.807) is 6.92 Å². The number of aromatic nitrogens is 2. The Labute approximate surface area is 107 Å². The molecule has 1 unspecified atom stereocenters. The summed E-state index contributed by atoms with van der Waals surface area (Å²) in [5.41, 5.74) is 0. The van der Waals surface area contributed by atoms with Crippen molar-refractivity contribution < 1.29 is 13.5 Å². The van der Waals surface area contributed by atoms with Gasteiger partial charge in [-0.3, -0.25) is 0 Å². The number of aromatic amines is 1. The van der Waals surface area contributed by atoms with Gasteiger partial charge in [0.15, 0.2) is 5.03 Å². The highest BCUT2D eigenvalue weighted by Crippen LogP contribution is 2.05. The van der Waals surface area contributed by atoms with Gasteiger partial charge in [0.2, 0.25) is 0 Å². The third kappa shape index (κ3) is 4.73. The summed E-state index contributed by atoms with van der Waals surface area (Å²) in [7, 11) is -3.52. The Kier molecular flexibility index (Phi) is 5.73. The first-order chi connectivity index (χ1) is 8.45. The third-order valence-corrected chi connectivity index (χ3v) is 3.63. The molecule has 7 nitrogen and oxygen atoms in total. The molecule has 0 aliphatic rings. The summed E-state index contributed by atoms with van der Waals surface area (Å²) in [6.45, 7) is 4.71. The SMILES string of the molecule is CCc1ncc(S(=O)(=O)NCCNCC(C)O)[nH]1. The Hall–Kier alpha value is -0.960. The number of aryl methyl sites for hydroxylation is 1. The maximum Gasteiger partial charge on any atom is 0.257 e. The molecule has 0 radical (unpaired) electrons. The maximum absolute atomic E-state index is 11.8. The fraction of sp³-hybridized carbons (Fsp3) is 0.700. The van der Waals surface area contributed by atoms with Crippen molar-refractivity contribution in [3.63, 3.8) is 0 Å². The highest BCUT2D eigenvalue weighted by molar-refractivity contribution is 7.89. The third-order valence-electron chi connectivity index (χ3n) is 2.26. The zero-order chi connectivity index (χ0) is 13.6. The molecule has 18 heavy (non-hydrogen) atoms. The minimum atomic E-state index is -3.52. The molecule has 0 aromatic carbocycles. The molecule has 0 aliphatic heterocycles. The number of H-pyrrole nitrogens is 1. The molecule has 0 aliphatic carbocycles. The van der Waals surface area contributed by atoms with Crippen LogP contribution in [0.4, 0.5) is 0 Å². The average Bonchev–Trinajstić information content (AvgIpc) is 2.77. The molecular weight excluding hydrogens is 256 g/mol. The molecule has 0 bridgehead atoms. The van der Waals surface area contributed by atoms with Crippen molar-refractivity contribution in [1.82, 2.24) is 20.0 Å². The van der Waals surface area contributed by atoms with E-state index in [0.29, 0.717) is 25.3 Å². The van der Waals surface area contributed by atoms with Crippen LogP contribution in [0.15, 0.2) is 11.2 Å². The van der Waals surface area contributed by atoms with Gasteiger partial charge < -0.3 is 15.4 Å². The summed E-state index contributed by atoms with van der Waals surface area (Å²) in [6, 6.07) is 0. The summed E-state index contributed by atoms with van der Waals surface area (Å²) >= 11 is 0. The predicted octanol–water partition coefficient (Wildman–Crippen LogP) is -0.779. The first-order valence-electron chi connectivity index (χ1n) is 5.88. The predicted molar refractivity (Wildman–Crippen MR) is 67.7 cm³/mol. The van der Waals surface area contributed by atoms with E-state index >= 15 is 0 Å². The highest BCUT2D eigenvalue weighted by atomic mass is 32.2. The van der Waals surface area contributed by atoms with Gasteiger partial charge in [0, 0.05) is 26.1 Å². The second-order valence-electron chi connectivity index (χ2n) is 4.00. The van der Waals surface area contributed by atoms with E-state index in [1.807, 2.05) is 6.92 Å². The molecule has 1 atom stereocenters. The summed E-state index contributed by atoms with van der Waals surface area (Å²) in [5.74, 6) is 0.641. The van der Waals surface area contributed by atoms with Crippen LogP contribution in [0, 0.1) is 0 Å². The second kappa shape index (κ2) is 6.83. The van der Waals surface area contributed by atoms with Crippen LogP contribution in [0.25, 0.3) is 0 Å². The number of hydrogen-bond donors (Lipinski definition) is 4. The molecule has 1 aromatic heterocycles. The molecule has 0 spiro atoms. The van der Waals surface area contributed by atoms with Crippen molar-refractivity contribution in [2.45, 2.75) is 31.4 Å². The van der Waals surface area contributed by atoms with Crippen molar-refractivity contribution >= 4 is 10.0 Å². The first kappa shape index (κ1) is 15.1. The Balaban J connectivity index is 2.40. The summed E-state index contributed by atoms with van der Waals surface area (Å²) in [5, 5.41) is 12.0. The van der Waals surface area contributed by atoms with Crippen LogP contribution in [0.5, 0.6) is 0 Å². The normalized spacial score (nSPS) is 13.7. The molecule has 1 aromatic rings. The lowest BCUT2D eigenvalue weighted by atomic mass is 10.4. The van der Waals surface area contributed by atoms with E-state index in [2.05, 4.69) is 20.0 Å². The quantitative estimate of drug-likeness (QED) is 0.466. The zero-order valence-corrected chi connectivity index (χ0v) is 11.4. The van der Waals surface area contributed by atoms with Crippen LogP contribution in [-0.4, -0.2) is 49.2 Å². The van der Waals surface area contributed by atoms with Crippen molar-refractivity contribution in [3.8, 4) is 0 Å². The van der Waals surface area contributed by atoms with E-state index in [4.69, 9.17) is 5.11 Å². The Morgan fingerprint density at radius 3 is 2.78 bits per heavy atom. The van der Waals surface area contributed by atoms with Crippen LogP contribution in [0.1, 0.15) is 19.7 Å². The molecule has 104 valence electrons. The Bertz CT molecular complexity index is 455. The highest BCUT2D eigenvalue weighted by Gasteiger charge is 2.15. The average molecular weight is 276 g/mol. The van der Waals surface area contributed by atoms with Crippen LogP contribution in [0.3, 0.4) is 0 Å². The second-order valence-corrected chi connectivity index (χ2v) is 5.73. The molecule has 1 heterocycles. The Morgan fingerprint density at radius 1 is 1.50 bits per heavy atom. The first-order valence-corrected chi connectivity index (χ1v) is 7.36. The summed E-state index contributed by atoms with van der Waals surface area (Å²) < 4.78 is 26.0. The molecular formula is C10H20N4O3S. The minimum Gasteiger partial charge on any atom is -0.392 e. The largest absolute Gasteiger partial charge is 0.392 e. The van der Waals surface area contributed by atoms with Gasteiger partial charge in [-0.2, -0.15) is 0 Å². The van der Waals surface area contributed by atoms with Crippen molar-refractivity contribution in [1.29, 1.82) is 0 Å². The smallest absolute Gasteiger partial charge is 0.257 e. The zero-order valence-electron chi connectivity index (χ0n) is 10.6. The number of aliphatic hydroxyl groups excluding tert-OH is 1. The van der Waals surface area contributed by atoms with Gasteiger partial charge in [-0.1, -0.05) is 6.92 Å². The van der Waals surface area contributed by atoms with Gasteiger partial charge in [0.05, 0.1) is 12.3 Å². The van der Waals surface area contributed by atoms with Gasteiger partial charge in [-0.15, -0.1) is 0 Å². The maximum atomic E-state index is 11.8. The lowest BCUT2D eigenvalue weighted by molar-refractivity contribution is 0.192. The van der Waals surface area contributed by atoms with Crippen molar-refractivity contribution in [3.05, 3.63) is 12.0 Å². The number of rotatable bonds is 8. The molecule has 1 rings (SSSR count). The van der Waals surface area contributed by atoms with Gasteiger partial charge in [0.1, 0.15) is 5.82 Å². The van der Waals surface area contributed by atoms with Crippen LogP contribution >= 0.6 is 0 Å². The van der Waals surface area contributed by atoms with Gasteiger partial charge in [-0.05, 0) is 6.92 Å². The fourth-order valence-electron chi connectivity index (χ4n) is 1.32. The van der Waals surface area contributed by atoms with E-state index in [-0.39, 0.29) is 11.6 Å². The lowest BCUT2D eigenvalue weighted by Crippen LogP contribution is -2.34. The summed E-state index contributed by atoms with van der Waals surface area (Å²) in [6.07, 6.45) is 1.52. The lowest BCUT2D eigenvalue weighted by Gasteiger charge is -2.07. The van der Waals surface area contributed by atoms with Crippen LogP contribution < -0.4 is 10.0 Å². The minimum absolute atomic E-state index is 0.0786. The Morgan fingerprint density at radius 2 is 2.22 bits per heavy atom. The standard InChI is InChI=1S/C10H20N4O3S/c1-3-9-12-7-10(14-9)18(16,17)13-5-4-11-6-8(2)15/h7-8,11,13,15H,3-6H2,1-2H3,(H,12,14). The molecule has 0 saturated carbocycles. The number of aliphatic hydroxyl groups is 1. The fourth-order valence-corrected chi connectivity index (χ4v) is 2.29. The van der Waals surface area contributed by atoms with Gasteiger partial charge >= 0.3 is 0 Å². The summed E-state index contributed by atoms with van der Waals surface area (Å²) in [4.78, 5) is 6.69. The van der Waals surface area contributed by atoms with E-state index in [0.717, 1.165) is 0 Å². The van der Waals surface area contributed by atoms with E-state index < -0.39 is 16.1 Å². The van der Waals surface area contributed by atoms with Gasteiger partial charge in [-0.25, -0.2) is 18.1 Å². The number of sulfonamides is 1. The van der Waals surface area contributed by atoms with Crippen LogP contribution in [-0.2, 0) is 16.4 Å². The molecule has 8 heteroatoms. The molecule has 4 N–H and O–H groups in total.